The molecule has 2 aromatic heterocycles. The first-order valence-corrected chi connectivity index (χ1v) is 7.57. The molecule has 0 saturated carbocycles. The van der Waals surface area contributed by atoms with Crippen LogP contribution in [0.1, 0.15) is 0 Å². The summed E-state index contributed by atoms with van der Waals surface area (Å²) >= 11 is 0. The monoisotopic (exact) mass is 317 g/mol. The Morgan fingerprint density at radius 2 is 1.67 bits per heavy atom. The normalized spacial score (nSPS) is 10.9. The smallest absolute Gasteiger partial charge is 0.227 e. The van der Waals surface area contributed by atoms with Gasteiger partial charge in [0.15, 0.2) is 5.58 Å². The van der Waals surface area contributed by atoms with E-state index in [0.717, 1.165) is 28.0 Å². The van der Waals surface area contributed by atoms with Crippen LogP contribution in [-0.4, -0.2) is 22.1 Å². The van der Waals surface area contributed by atoms with Crippen molar-refractivity contribution in [1.82, 2.24) is 9.97 Å². The van der Waals surface area contributed by atoms with Gasteiger partial charge in [0.25, 0.3) is 0 Å². The third-order valence-electron chi connectivity index (χ3n) is 3.86. The maximum atomic E-state index is 9.51. The van der Waals surface area contributed by atoms with Crippen molar-refractivity contribution >= 4 is 16.9 Å². The summed E-state index contributed by atoms with van der Waals surface area (Å²) < 4.78 is 5.72. The third-order valence-corrected chi connectivity index (χ3v) is 3.86. The van der Waals surface area contributed by atoms with Crippen LogP contribution < -0.4 is 5.32 Å². The number of nitrogens with zero attached hydrogens (tertiary/aromatic N) is 2. The molecule has 2 N–H and O–H groups in total. The molecular formula is C19H15N3O2. The first kappa shape index (κ1) is 14.3. The highest BCUT2D eigenvalue weighted by atomic mass is 16.3. The molecule has 0 radical (unpaired) electrons. The SMILES string of the molecule is CNc1ccc(-c2ccc(-c3nc4ccc(O)cc4o3)cc2)cn1. The van der Waals surface area contributed by atoms with E-state index < -0.39 is 0 Å². The van der Waals surface area contributed by atoms with Gasteiger partial charge in [-0.25, -0.2) is 9.97 Å². The number of benzene rings is 2. The second-order valence-corrected chi connectivity index (χ2v) is 5.43. The van der Waals surface area contributed by atoms with Gasteiger partial charge in [-0.15, -0.1) is 0 Å². The fourth-order valence-electron chi connectivity index (χ4n) is 2.55. The van der Waals surface area contributed by atoms with Crippen LogP contribution in [0.3, 0.4) is 0 Å². The molecule has 0 aliphatic rings. The van der Waals surface area contributed by atoms with Crippen LogP contribution in [0.5, 0.6) is 5.75 Å². The van der Waals surface area contributed by atoms with Crippen LogP contribution in [0.2, 0.25) is 0 Å². The number of aromatic nitrogens is 2. The van der Waals surface area contributed by atoms with Crippen LogP contribution in [0, 0.1) is 0 Å². The van der Waals surface area contributed by atoms with Crippen LogP contribution >= 0.6 is 0 Å². The molecule has 24 heavy (non-hydrogen) atoms. The highest BCUT2D eigenvalue weighted by Gasteiger charge is 2.09. The number of aromatic hydroxyl groups is 1. The molecular weight excluding hydrogens is 302 g/mol. The maximum absolute atomic E-state index is 9.51. The van der Waals surface area contributed by atoms with Gasteiger partial charge in [-0.1, -0.05) is 12.1 Å². The van der Waals surface area contributed by atoms with E-state index in [1.54, 1.807) is 18.2 Å². The summed E-state index contributed by atoms with van der Waals surface area (Å²) in [5.74, 6) is 1.54. The predicted octanol–water partition coefficient (Wildman–Crippen LogP) is 4.30. The van der Waals surface area contributed by atoms with Crippen molar-refractivity contribution in [3.8, 4) is 28.3 Å². The first-order chi connectivity index (χ1) is 11.7. The topological polar surface area (TPSA) is 71.2 Å². The summed E-state index contributed by atoms with van der Waals surface area (Å²) in [5.41, 5.74) is 4.29. The van der Waals surface area contributed by atoms with Crippen LogP contribution in [0.4, 0.5) is 5.82 Å². The summed E-state index contributed by atoms with van der Waals surface area (Å²) in [6.45, 7) is 0. The van der Waals surface area contributed by atoms with E-state index in [2.05, 4.69) is 15.3 Å². The molecule has 4 rings (SSSR count). The molecule has 118 valence electrons. The highest BCUT2D eigenvalue weighted by Crippen LogP contribution is 2.28. The van der Waals surface area contributed by atoms with Gasteiger partial charge in [0, 0.05) is 30.4 Å². The van der Waals surface area contributed by atoms with E-state index in [4.69, 9.17) is 4.42 Å². The second-order valence-electron chi connectivity index (χ2n) is 5.43. The zero-order valence-electron chi connectivity index (χ0n) is 13.0. The predicted molar refractivity (Wildman–Crippen MR) is 93.9 cm³/mol. The molecule has 0 fully saturated rings. The van der Waals surface area contributed by atoms with Crippen LogP contribution in [0.15, 0.2) is 65.2 Å². The van der Waals surface area contributed by atoms with Gasteiger partial charge < -0.3 is 14.8 Å². The van der Waals surface area contributed by atoms with Gasteiger partial charge in [0.2, 0.25) is 5.89 Å². The van der Waals surface area contributed by atoms with Crippen molar-refractivity contribution in [3.63, 3.8) is 0 Å². The minimum Gasteiger partial charge on any atom is -0.508 e. The molecule has 2 heterocycles. The Morgan fingerprint density at radius 3 is 2.38 bits per heavy atom. The average molecular weight is 317 g/mol. The molecule has 0 unspecified atom stereocenters. The fraction of sp³-hybridized carbons (Fsp3) is 0.0526. The molecule has 0 saturated heterocycles. The Morgan fingerprint density at radius 1 is 0.917 bits per heavy atom. The molecule has 0 bridgehead atoms. The first-order valence-electron chi connectivity index (χ1n) is 7.57. The van der Waals surface area contributed by atoms with Gasteiger partial charge in [-0.3, -0.25) is 0 Å². The summed E-state index contributed by atoms with van der Waals surface area (Å²) in [4.78, 5) is 8.78. The van der Waals surface area contributed by atoms with Crippen LogP contribution in [-0.2, 0) is 0 Å². The standard InChI is InChI=1S/C19H15N3O2/c1-20-18-9-6-14(11-21-18)12-2-4-13(5-3-12)19-22-16-8-7-15(23)10-17(16)24-19/h2-11,23H,1H3,(H,20,21). The summed E-state index contributed by atoms with van der Waals surface area (Å²) in [6.07, 6.45) is 1.84. The number of fused-ring (bicyclic) bond motifs is 1. The Bertz CT molecular complexity index is 989. The van der Waals surface area contributed by atoms with Gasteiger partial charge in [0.05, 0.1) is 0 Å². The molecule has 0 aliphatic heterocycles. The minimum absolute atomic E-state index is 0.165. The van der Waals surface area contributed by atoms with Crippen molar-refractivity contribution in [2.24, 2.45) is 0 Å². The number of nitrogens with one attached hydrogen (secondary N) is 1. The molecule has 5 nitrogen and oxygen atoms in total. The zero-order valence-corrected chi connectivity index (χ0v) is 13.0. The number of pyridine rings is 1. The van der Waals surface area contributed by atoms with E-state index in [0.29, 0.717) is 11.5 Å². The summed E-state index contributed by atoms with van der Waals surface area (Å²) in [7, 11) is 1.84. The van der Waals surface area contributed by atoms with Crippen molar-refractivity contribution < 1.29 is 9.52 Å². The van der Waals surface area contributed by atoms with E-state index >= 15 is 0 Å². The van der Waals surface area contributed by atoms with Gasteiger partial charge >= 0.3 is 0 Å². The van der Waals surface area contributed by atoms with Gasteiger partial charge in [0.1, 0.15) is 17.1 Å². The molecule has 0 amide bonds. The van der Waals surface area contributed by atoms with Crippen molar-refractivity contribution in [3.05, 3.63) is 60.8 Å². The molecule has 5 heteroatoms. The van der Waals surface area contributed by atoms with E-state index in [1.807, 2.05) is 49.6 Å². The number of phenols is 1. The van der Waals surface area contributed by atoms with Gasteiger partial charge in [-0.05, 0) is 42.0 Å². The highest BCUT2D eigenvalue weighted by molar-refractivity contribution is 5.78. The van der Waals surface area contributed by atoms with Gasteiger partial charge in [-0.2, -0.15) is 0 Å². The number of phenolic OH excluding ortho intramolecular Hbond substituents is 1. The lowest BCUT2D eigenvalue weighted by atomic mass is 10.1. The quantitative estimate of drug-likeness (QED) is 0.589. The molecule has 4 aromatic rings. The maximum Gasteiger partial charge on any atom is 0.227 e. The third kappa shape index (κ3) is 2.56. The summed E-state index contributed by atoms with van der Waals surface area (Å²) in [5, 5.41) is 12.5. The van der Waals surface area contributed by atoms with Crippen LogP contribution in [0.25, 0.3) is 33.7 Å². The molecule has 0 atom stereocenters. The Balaban J connectivity index is 1.66. The van der Waals surface area contributed by atoms with E-state index in [-0.39, 0.29) is 5.75 Å². The Labute approximate surface area is 138 Å². The second kappa shape index (κ2) is 5.70. The van der Waals surface area contributed by atoms with E-state index in [9.17, 15) is 5.11 Å². The minimum atomic E-state index is 0.165. The fourth-order valence-corrected chi connectivity index (χ4v) is 2.55. The lowest BCUT2D eigenvalue weighted by Crippen LogP contribution is -1.91. The zero-order chi connectivity index (χ0) is 16.5. The number of anilines is 1. The largest absolute Gasteiger partial charge is 0.508 e. The average Bonchev–Trinajstić information content (AvgIpc) is 3.05. The lowest BCUT2D eigenvalue weighted by Gasteiger charge is -2.04. The number of rotatable bonds is 3. The Kier molecular flexibility index (Phi) is 3.39. The number of hydrogen-bond donors (Lipinski definition) is 2. The van der Waals surface area contributed by atoms with Crippen molar-refractivity contribution in [1.29, 1.82) is 0 Å². The summed E-state index contributed by atoms with van der Waals surface area (Å²) in [6, 6.07) is 16.8. The number of oxazole rings is 1. The number of hydrogen-bond acceptors (Lipinski definition) is 5. The molecule has 2 aromatic carbocycles. The molecule has 0 aliphatic carbocycles. The van der Waals surface area contributed by atoms with Crippen molar-refractivity contribution in [2.75, 3.05) is 12.4 Å². The Hall–Kier alpha value is -3.34. The lowest BCUT2D eigenvalue weighted by molar-refractivity contribution is 0.474. The van der Waals surface area contributed by atoms with Crippen molar-refractivity contribution in [2.45, 2.75) is 0 Å². The van der Waals surface area contributed by atoms with E-state index in [1.165, 1.54) is 0 Å². The molecule has 0 spiro atoms.